The normalized spacial score (nSPS) is 19.7. The van der Waals surface area contributed by atoms with Crippen molar-refractivity contribution in [3.05, 3.63) is 23.9 Å². The fourth-order valence-corrected chi connectivity index (χ4v) is 1.88. The van der Waals surface area contributed by atoms with E-state index in [4.69, 9.17) is 0 Å². The van der Waals surface area contributed by atoms with Crippen LogP contribution in [0.4, 0.5) is 5.82 Å². The molecule has 0 radical (unpaired) electrons. The number of anilines is 1. The third kappa shape index (κ3) is 2.58. The van der Waals surface area contributed by atoms with Crippen LogP contribution in [0.1, 0.15) is 25.3 Å². The molecule has 4 heteroatoms. The van der Waals surface area contributed by atoms with Crippen molar-refractivity contribution in [3.63, 3.8) is 0 Å². The number of nitrogens with zero attached hydrogens (tertiary/aromatic N) is 1. The van der Waals surface area contributed by atoms with Gasteiger partial charge in [-0.2, -0.15) is 0 Å². The number of aryl methyl sites for hydroxylation is 1. The Morgan fingerprint density at radius 2 is 2.56 bits per heavy atom. The molecule has 0 bridgehead atoms. The van der Waals surface area contributed by atoms with Crippen molar-refractivity contribution < 1.29 is 4.79 Å². The lowest BCUT2D eigenvalue weighted by Gasteiger charge is -2.10. The molecular formula is C12H17N3O. The van der Waals surface area contributed by atoms with Gasteiger partial charge in [0.1, 0.15) is 5.82 Å². The minimum atomic E-state index is -0.0490. The van der Waals surface area contributed by atoms with Gasteiger partial charge in [0.25, 0.3) is 0 Å². The number of rotatable bonds is 3. The summed E-state index contributed by atoms with van der Waals surface area (Å²) in [5.41, 5.74) is 1.18. The molecule has 2 heterocycles. The summed E-state index contributed by atoms with van der Waals surface area (Å²) in [6.07, 6.45) is 4.67. The molecule has 1 aromatic heterocycles. The average molecular weight is 219 g/mol. The topological polar surface area (TPSA) is 54.0 Å². The number of pyridine rings is 1. The summed E-state index contributed by atoms with van der Waals surface area (Å²) in [5.74, 6) is 0.677. The standard InChI is InChI=1S/C12H17N3O/c1-2-9-5-7-14-11(8-9)15-12(16)10-4-3-6-13-10/h5,7-8,10,13H,2-4,6H2,1H3,(H,14,15,16)/t10-/m0/s1. The fraction of sp³-hybridized carbons (Fsp3) is 0.500. The molecule has 0 saturated carbocycles. The van der Waals surface area contributed by atoms with Crippen LogP contribution in [0.5, 0.6) is 0 Å². The Balaban J connectivity index is 1.99. The van der Waals surface area contributed by atoms with Gasteiger partial charge in [-0.3, -0.25) is 4.79 Å². The maximum atomic E-state index is 11.8. The lowest BCUT2D eigenvalue weighted by molar-refractivity contribution is -0.117. The summed E-state index contributed by atoms with van der Waals surface area (Å²) < 4.78 is 0. The molecule has 1 saturated heterocycles. The second kappa shape index (κ2) is 5.07. The number of amides is 1. The number of hydrogen-bond donors (Lipinski definition) is 2. The molecule has 1 aliphatic rings. The number of carbonyl (C=O) groups excluding carboxylic acids is 1. The number of nitrogens with one attached hydrogen (secondary N) is 2. The lowest BCUT2D eigenvalue weighted by Crippen LogP contribution is -2.35. The quantitative estimate of drug-likeness (QED) is 0.806. The molecule has 1 aliphatic heterocycles. The second-order valence-corrected chi connectivity index (χ2v) is 4.04. The molecular weight excluding hydrogens is 202 g/mol. The smallest absolute Gasteiger partial charge is 0.242 e. The van der Waals surface area contributed by atoms with Gasteiger partial charge in [0.15, 0.2) is 0 Å². The van der Waals surface area contributed by atoms with Crippen molar-refractivity contribution in [3.8, 4) is 0 Å². The Morgan fingerprint density at radius 1 is 1.69 bits per heavy atom. The number of aromatic nitrogens is 1. The van der Waals surface area contributed by atoms with Crippen LogP contribution >= 0.6 is 0 Å². The van der Waals surface area contributed by atoms with E-state index < -0.39 is 0 Å². The van der Waals surface area contributed by atoms with Crippen molar-refractivity contribution in [2.75, 3.05) is 11.9 Å². The van der Waals surface area contributed by atoms with Crippen LogP contribution < -0.4 is 10.6 Å². The third-order valence-electron chi connectivity index (χ3n) is 2.86. The summed E-state index contributed by atoms with van der Waals surface area (Å²) in [5, 5.41) is 6.01. The van der Waals surface area contributed by atoms with Crippen molar-refractivity contribution >= 4 is 11.7 Å². The first-order chi connectivity index (χ1) is 7.79. The molecule has 86 valence electrons. The van der Waals surface area contributed by atoms with Gasteiger partial charge in [-0.05, 0) is 43.5 Å². The first-order valence-electron chi connectivity index (χ1n) is 5.79. The molecule has 1 fully saturated rings. The fourth-order valence-electron chi connectivity index (χ4n) is 1.88. The SMILES string of the molecule is CCc1ccnc(NC(=O)[C@@H]2CCCN2)c1. The number of hydrogen-bond acceptors (Lipinski definition) is 3. The van der Waals surface area contributed by atoms with Crippen LogP contribution in [0.3, 0.4) is 0 Å². The van der Waals surface area contributed by atoms with Crippen LogP contribution in [-0.4, -0.2) is 23.5 Å². The van der Waals surface area contributed by atoms with Gasteiger partial charge in [0.2, 0.25) is 5.91 Å². The van der Waals surface area contributed by atoms with E-state index in [-0.39, 0.29) is 11.9 Å². The van der Waals surface area contributed by atoms with E-state index in [1.165, 1.54) is 5.56 Å². The molecule has 2 N–H and O–H groups in total. The van der Waals surface area contributed by atoms with Crippen LogP contribution in [-0.2, 0) is 11.2 Å². The minimum Gasteiger partial charge on any atom is -0.309 e. The Kier molecular flexibility index (Phi) is 3.51. The highest BCUT2D eigenvalue weighted by molar-refractivity contribution is 5.94. The van der Waals surface area contributed by atoms with E-state index in [2.05, 4.69) is 22.5 Å². The molecule has 0 aliphatic carbocycles. The monoisotopic (exact) mass is 219 g/mol. The second-order valence-electron chi connectivity index (χ2n) is 4.04. The summed E-state index contributed by atoms with van der Waals surface area (Å²) in [4.78, 5) is 15.9. The predicted octanol–water partition coefficient (Wildman–Crippen LogP) is 1.33. The van der Waals surface area contributed by atoms with Crippen molar-refractivity contribution in [2.45, 2.75) is 32.2 Å². The van der Waals surface area contributed by atoms with Crippen molar-refractivity contribution in [1.29, 1.82) is 0 Å². The first-order valence-corrected chi connectivity index (χ1v) is 5.79. The van der Waals surface area contributed by atoms with Gasteiger partial charge < -0.3 is 10.6 Å². The molecule has 4 nitrogen and oxygen atoms in total. The minimum absolute atomic E-state index is 0.0262. The molecule has 0 unspecified atom stereocenters. The van der Waals surface area contributed by atoms with Gasteiger partial charge in [-0.15, -0.1) is 0 Å². The molecule has 1 amide bonds. The van der Waals surface area contributed by atoms with Gasteiger partial charge in [-0.1, -0.05) is 6.92 Å². The highest BCUT2D eigenvalue weighted by atomic mass is 16.2. The summed E-state index contributed by atoms with van der Waals surface area (Å²) in [7, 11) is 0. The highest BCUT2D eigenvalue weighted by Gasteiger charge is 2.21. The van der Waals surface area contributed by atoms with Crippen LogP contribution in [0, 0.1) is 0 Å². The number of carbonyl (C=O) groups is 1. The summed E-state index contributed by atoms with van der Waals surface area (Å²) in [6, 6.07) is 3.84. The predicted molar refractivity (Wildman–Crippen MR) is 63.3 cm³/mol. The molecule has 16 heavy (non-hydrogen) atoms. The maximum absolute atomic E-state index is 11.8. The Labute approximate surface area is 95.5 Å². The molecule has 1 aromatic rings. The molecule has 1 atom stereocenters. The Hall–Kier alpha value is -1.42. The zero-order valence-electron chi connectivity index (χ0n) is 9.49. The van der Waals surface area contributed by atoms with Crippen molar-refractivity contribution in [1.82, 2.24) is 10.3 Å². The van der Waals surface area contributed by atoms with Crippen LogP contribution in [0.15, 0.2) is 18.3 Å². The lowest BCUT2D eigenvalue weighted by atomic mass is 10.2. The summed E-state index contributed by atoms with van der Waals surface area (Å²) in [6.45, 7) is 3.01. The summed E-state index contributed by atoms with van der Waals surface area (Å²) >= 11 is 0. The van der Waals surface area contributed by atoms with Crippen LogP contribution in [0.2, 0.25) is 0 Å². The first kappa shape index (κ1) is 11.1. The van der Waals surface area contributed by atoms with E-state index >= 15 is 0 Å². The zero-order chi connectivity index (χ0) is 11.4. The molecule has 2 rings (SSSR count). The Bertz CT molecular complexity index is 372. The molecule has 0 aromatic carbocycles. The van der Waals surface area contributed by atoms with Gasteiger partial charge in [0.05, 0.1) is 6.04 Å². The van der Waals surface area contributed by atoms with E-state index in [1.807, 2.05) is 12.1 Å². The third-order valence-corrected chi connectivity index (χ3v) is 2.86. The molecule has 0 spiro atoms. The van der Waals surface area contributed by atoms with E-state index in [0.29, 0.717) is 5.82 Å². The average Bonchev–Trinajstić information content (AvgIpc) is 2.83. The zero-order valence-corrected chi connectivity index (χ0v) is 9.49. The van der Waals surface area contributed by atoms with Gasteiger partial charge in [-0.25, -0.2) is 4.98 Å². The van der Waals surface area contributed by atoms with E-state index in [0.717, 1.165) is 25.8 Å². The van der Waals surface area contributed by atoms with Gasteiger partial charge in [0, 0.05) is 6.20 Å². The van der Waals surface area contributed by atoms with E-state index in [9.17, 15) is 4.79 Å². The van der Waals surface area contributed by atoms with Crippen molar-refractivity contribution in [2.24, 2.45) is 0 Å². The van der Waals surface area contributed by atoms with E-state index in [1.54, 1.807) is 6.20 Å². The van der Waals surface area contributed by atoms with Crippen LogP contribution in [0.25, 0.3) is 0 Å². The maximum Gasteiger partial charge on any atom is 0.242 e. The largest absolute Gasteiger partial charge is 0.309 e. The Morgan fingerprint density at radius 3 is 3.25 bits per heavy atom. The van der Waals surface area contributed by atoms with Gasteiger partial charge >= 0.3 is 0 Å². The highest BCUT2D eigenvalue weighted by Crippen LogP contribution is 2.10.